The van der Waals surface area contributed by atoms with Crippen molar-refractivity contribution in [2.24, 2.45) is 11.7 Å². The summed E-state index contributed by atoms with van der Waals surface area (Å²) in [5.41, 5.74) is 6.43. The van der Waals surface area contributed by atoms with Gasteiger partial charge in [0.15, 0.2) is 0 Å². The third-order valence-electron chi connectivity index (χ3n) is 2.26. The molecule has 1 heterocycles. The van der Waals surface area contributed by atoms with Gasteiger partial charge in [-0.1, -0.05) is 26.1 Å². The van der Waals surface area contributed by atoms with E-state index in [0.717, 1.165) is 0 Å². The minimum absolute atomic E-state index is 0.234. The van der Waals surface area contributed by atoms with Crippen molar-refractivity contribution in [1.29, 1.82) is 0 Å². The Balaban J connectivity index is 2.35. The van der Waals surface area contributed by atoms with Gasteiger partial charge in [0, 0.05) is 24.9 Å². The zero-order valence-corrected chi connectivity index (χ0v) is 12.0. The first-order valence-electron chi connectivity index (χ1n) is 6.12. The Labute approximate surface area is 118 Å². The maximum Gasteiger partial charge on any atom is 0.269 e. The predicted octanol–water partition coefficient (Wildman–Crippen LogP) is 1.12. The molecule has 0 aromatic carbocycles. The van der Waals surface area contributed by atoms with Crippen LogP contribution in [-0.4, -0.2) is 35.6 Å². The number of hydrogen-bond acceptors (Lipinski definition) is 4. The summed E-state index contributed by atoms with van der Waals surface area (Å²) in [6.45, 7) is 5.80. The molecular formula is C13H19N3O2S. The summed E-state index contributed by atoms with van der Waals surface area (Å²) in [6, 6.07) is 3.28. The summed E-state index contributed by atoms with van der Waals surface area (Å²) in [7, 11) is 0. The monoisotopic (exact) mass is 281 g/mol. The van der Waals surface area contributed by atoms with E-state index >= 15 is 0 Å². The van der Waals surface area contributed by atoms with Gasteiger partial charge in [0.05, 0.1) is 6.61 Å². The highest BCUT2D eigenvalue weighted by molar-refractivity contribution is 7.80. The molecule has 0 saturated heterocycles. The number of ether oxygens (including phenoxy) is 1. The standard InChI is InChI=1S/C13H19N3O2S/c1-9(2)8-18-6-5-15-13(17)11-4-3-10(7-16-11)12(14)19/h3-4,7,9H,5-6,8H2,1-2H3,(H2,14,19)(H,15,17). The number of thiocarbonyl (C=S) groups is 1. The first-order chi connectivity index (χ1) is 9.00. The molecule has 0 bridgehead atoms. The molecular weight excluding hydrogens is 262 g/mol. The van der Waals surface area contributed by atoms with Gasteiger partial charge in [0.2, 0.25) is 0 Å². The van der Waals surface area contributed by atoms with Crippen LogP contribution in [0.25, 0.3) is 0 Å². The number of amides is 1. The Morgan fingerprint density at radius 1 is 1.53 bits per heavy atom. The van der Waals surface area contributed by atoms with E-state index < -0.39 is 0 Å². The fourth-order valence-corrected chi connectivity index (χ4v) is 1.44. The van der Waals surface area contributed by atoms with Gasteiger partial charge in [-0.05, 0) is 18.1 Å². The SMILES string of the molecule is CC(C)COCCNC(=O)c1ccc(C(N)=S)cn1. The lowest BCUT2D eigenvalue weighted by Crippen LogP contribution is -2.28. The molecule has 0 aliphatic rings. The van der Waals surface area contributed by atoms with E-state index in [2.05, 4.69) is 24.1 Å². The summed E-state index contributed by atoms with van der Waals surface area (Å²) in [5.74, 6) is 0.257. The lowest BCUT2D eigenvalue weighted by Gasteiger charge is -2.08. The van der Waals surface area contributed by atoms with Gasteiger partial charge in [-0.25, -0.2) is 0 Å². The number of aromatic nitrogens is 1. The van der Waals surface area contributed by atoms with E-state index in [4.69, 9.17) is 22.7 Å². The van der Waals surface area contributed by atoms with E-state index in [1.165, 1.54) is 6.20 Å². The highest BCUT2D eigenvalue weighted by atomic mass is 32.1. The first kappa shape index (κ1) is 15.5. The molecule has 0 aliphatic heterocycles. The van der Waals surface area contributed by atoms with Crippen molar-refractivity contribution in [3.05, 3.63) is 29.6 Å². The number of carbonyl (C=O) groups excluding carboxylic acids is 1. The minimum Gasteiger partial charge on any atom is -0.389 e. The average molecular weight is 281 g/mol. The molecule has 0 saturated carbocycles. The number of hydrogen-bond donors (Lipinski definition) is 2. The second-order valence-corrected chi connectivity index (χ2v) is 4.96. The van der Waals surface area contributed by atoms with Gasteiger partial charge in [-0.3, -0.25) is 9.78 Å². The fraction of sp³-hybridized carbons (Fsp3) is 0.462. The number of nitrogens with two attached hydrogens (primary N) is 1. The zero-order valence-electron chi connectivity index (χ0n) is 11.2. The van der Waals surface area contributed by atoms with Crippen LogP contribution in [0.3, 0.4) is 0 Å². The van der Waals surface area contributed by atoms with Gasteiger partial charge >= 0.3 is 0 Å². The molecule has 5 nitrogen and oxygen atoms in total. The van der Waals surface area contributed by atoms with Crippen molar-refractivity contribution in [2.45, 2.75) is 13.8 Å². The van der Waals surface area contributed by atoms with Crippen LogP contribution in [0.5, 0.6) is 0 Å². The molecule has 0 radical (unpaired) electrons. The maximum atomic E-state index is 11.7. The molecule has 0 atom stereocenters. The average Bonchev–Trinajstić information content (AvgIpc) is 2.37. The lowest BCUT2D eigenvalue weighted by molar-refractivity contribution is 0.0882. The van der Waals surface area contributed by atoms with Crippen molar-refractivity contribution in [3.63, 3.8) is 0 Å². The van der Waals surface area contributed by atoms with Crippen LogP contribution in [0.4, 0.5) is 0 Å². The van der Waals surface area contributed by atoms with Crippen molar-refractivity contribution in [1.82, 2.24) is 10.3 Å². The third kappa shape index (κ3) is 5.76. The van der Waals surface area contributed by atoms with Gasteiger partial charge in [-0.15, -0.1) is 0 Å². The first-order valence-corrected chi connectivity index (χ1v) is 6.53. The molecule has 1 amide bonds. The van der Waals surface area contributed by atoms with E-state index in [-0.39, 0.29) is 10.9 Å². The van der Waals surface area contributed by atoms with E-state index in [9.17, 15) is 4.79 Å². The normalized spacial score (nSPS) is 10.5. The smallest absolute Gasteiger partial charge is 0.269 e. The Bertz CT molecular complexity index is 432. The Hall–Kier alpha value is -1.53. The zero-order chi connectivity index (χ0) is 14.3. The van der Waals surface area contributed by atoms with Crippen LogP contribution in [0, 0.1) is 5.92 Å². The highest BCUT2D eigenvalue weighted by Crippen LogP contribution is 2.00. The third-order valence-corrected chi connectivity index (χ3v) is 2.50. The van der Waals surface area contributed by atoms with Gasteiger partial charge < -0.3 is 15.8 Å². The molecule has 0 spiro atoms. The van der Waals surface area contributed by atoms with Crippen molar-refractivity contribution >= 4 is 23.1 Å². The molecule has 0 fully saturated rings. The van der Waals surface area contributed by atoms with Crippen LogP contribution < -0.4 is 11.1 Å². The van der Waals surface area contributed by atoms with Crippen LogP contribution >= 0.6 is 12.2 Å². The van der Waals surface area contributed by atoms with Gasteiger partial charge in [-0.2, -0.15) is 0 Å². The Morgan fingerprint density at radius 3 is 2.79 bits per heavy atom. The fourth-order valence-electron chi connectivity index (χ4n) is 1.32. The van der Waals surface area contributed by atoms with Gasteiger partial charge in [0.1, 0.15) is 10.7 Å². The van der Waals surface area contributed by atoms with Crippen LogP contribution in [0.2, 0.25) is 0 Å². The van der Waals surface area contributed by atoms with Crippen LogP contribution in [0.1, 0.15) is 29.9 Å². The van der Waals surface area contributed by atoms with Crippen molar-refractivity contribution < 1.29 is 9.53 Å². The van der Waals surface area contributed by atoms with Crippen LogP contribution in [0.15, 0.2) is 18.3 Å². The molecule has 104 valence electrons. The second-order valence-electron chi connectivity index (χ2n) is 4.52. The number of carbonyl (C=O) groups is 1. The largest absolute Gasteiger partial charge is 0.389 e. The van der Waals surface area contributed by atoms with E-state index in [1.807, 2.05) is 0 Å². The second kappa shape index (κ2) is 7.81. The maximum absolute atomic E-state index is 11.7. The van der Waals surface area contributed by atoms with E-state index in [1.54, 1.807) is 12.1 Å². The number of rotatable bonds is 7. The predicted molar refractivity (Wildman–Crippen MR) is 78.1 cm³/mol. The Kier molecular flexibility index (Phi) is 6.38. The Morgan fingerprint density at radius 2 is 2.26 bits per heavy atom. The summed E-state index contributed by atoms with van der Waals surface area (Å²) in [4.78, 5) is 16.0. The van der Waals surface area contributed by atoms with Gasteiger partial charge in [0.25, 0.3) is 5.91 Å². The molecule has 0 unspecified atom stereocenters. The summed E-state index contributed by atoms with van der Waals surface area (Å²) in [5, 5.41) is 2.73. The lowest BCUT2D eigenvalue weighted by atomic mass is 10.2. The van der Waals surface area contributed by atoms with E-state index in [0.29, 0.717) is 36.9 Å². The molecule has 19 heavy (non-hydrogen) atoms. The van der Waals surface area contributed by atoms with Crippen molar-refractivity contribution in [2.75, 3.05) is 19.8 Å². The van der Waals surface area contributed by atoms with Crippen LogP contribution in [-0.2, 0) is 4.74 Å². The summed E-state index contributed by atoms with van der Waals surface area (Å²) >= 11 is 4.81. The number of nitrogens with one attached hydrogen (secondary N) is 1. The number of nitrogens with zero attached hydrogens (tertiary/aromatic N) is 1. The minimum atomic E-state index is -0.234. The topological polar surface area (TPSA) is 77.2 Å². The summed E-state index contributed by atoms with van der Waals surface area (Å²) in [6.07, 6.45) is 1.49. The molecule has 3 N–H and O–H groups in total. The molecule has 1 aromatic heterocycles. The quantitative estimate of drug-likeness (QED) is 0.578. The number of pyridine rings is 1. The molecule has 1 rings (SSSR count). The highest BCUT2D eigenvalue weighted by Gasteiger charge is 2.07. The summed E-state index contributed by atoms with van der Waals surface area (Å²) < 4.78 is 5.36. The molecule has 1 aromatic rings. The molecule has 0 aliphatic carbocycles. The molecule has 6 heteroatoms. The van der Waals surface area contributed by atoms with Crippen molar-refractivity contribution in [3.8, 4) is 0 Å².